The van der Waals surface area contributed by atoms with E-state index in [1.165, 1.54) is 64.3 Å². The van der Waals surface area contributed by atoms with Crippen LogP contribution < -0.4 is 0 Å². The third kappa shape index (κ3) is 5.21. The van der Waals surface area contributed by atoms with E-state index in [-0.39, 0.29) is 5.41 Å². The van der Waals surface area contributed by atoms with E-state index in [2.05, 4.69) is 153 Å². The van der Waals surface area contributed by atoms with Crippen LogP contribution in [0.5, 0.6) is 0 Å². The molecular formula is C52H35N3S. The molecule has 0 saturated heterocycles. The maximum Gasteiger partial charge on any atom is 0.166 e. The van der Waals surface area contributed by atoms with E-state index in [0.29, 0.717) is 17.5 Å². The van der Waals surface area contributed by atoms with Gasteiger partial charge in [-0.3, -0.25) is 0 Å². The fraction of sp³-hybridized carbons (Fsp3) is 0.0577. The van der Waals surface area contributed by atoms with Gasteiger partial charge in [-0.2, -0.15) is 0 Å². The summed E-state index contributed by atoms with van der Waals surface area (Å²) in [5.74, 6) is 1.98. The summed E-state index contributed by atoms with van der Waals surface area (Å²) >= 11 is 1.80. The zero-order valence-electron chi connectivity index (χ0n) is 31.0. The molecule has 56 heavy (non-hydrogen) atoms. The summed E-state index contributed by atoms with van der Waals surface area (Å²) in [6, 6.07) is 63.1. The van der Waals surface area contributed by atoms with Crippen LogP contribution in [0.3, 0.4) is 0 Å². The first-order valence-corrected chi connectivity index (χ1v) is 19.9. The van der Waals surface area contributed by atoms with E-state index in [1.807, 2.05) is 36.4 Å². The van der Waals surface area contributed by atoms with Crippen LogP contribution in [0.2, 0.25) is 0 Å². The lowest BCUT2D eigenvalue weighted by atomic mass is 9.81. The van der Waals surface area contributed by atoms with Crippen molar-refractivity contribution in [2.45, 2.75) is 19.3 Å². The second-order valence-electron chi connectivity index (χ2n) is 15.2. The summed E-state index contributed by atoms with van der Waals surface area (Å²) in [6.07, 6.45) is 0. The number of benzene rings is 8. The first kappa shape index (κ1) is 32.7. The molecule has 11 rings (SSSR count). The minimum atomic E-state index is -0.0522. The van der Waals surface area contributed by atoms with Gasteiger partial charge in [0.05, 0.1) is 0 Å². The first-order chi connectivity index (χ1) is 27.5. The van der Waals surface area contributed by atoms with Gasteiger partial charge in [-0.1, -0.05) is 166 Å². The molecule has 2 heterocycles. The molecule has 0 fully saturated rings. The van der Waals surface area contributed by atoms with Crippen molar-refractivity contribution in [3.63, 3.8) is 0 Å². The Hall–Kier alpha value is -6.75. The molecule has 0 aliphatic heterocycles. The maximum absolute atomic E-state index is 5.26. The summed E-state index contributed by atoms with van der Waals surface area (Å²) in [4.78, 5) is 15.6. The van der Waals surface area contributed by atoms with Gasteiger partial charge in [0.15, 0.2) is 17.5 Å². The highest BCUT2D eigenvalue weighted by Crippen LogP contribution is 2.50. The Morgan fingerprint density at radius 1 is 0.393 bits per heavy atom. The summed E-state index contributed by atoms with van der Waals surface area (Å²) in [7, 11) is 0. The molecule has 0 unspecified atom stereocenters. The van der Waals surface area contributed by atoms with Gasteiger partial charge in [0, 0.05) is 42.3 Å². The number of rotatable bonds is 5. The predicted octanol–water partition coefficient (Wildman–Crippen LogP) is 14.0. The molecule has 2 aromatic heterocycles. The van der Waals surface area contributed by atoms with Gasteiger partial charge >= 0.3 is 0 Å². The Kier molecular flexibility index (Phi) is 7.38. The van der Waals surface area contributed by atoms with Crippen molar-refractivity contribution in [2.75, 3.05) is 0 Å². The average Bonchev–Trinajstić information content (AvgIpc) is 3.75. The van der Waals surface area contributed by atoms with E-state index in [1.54, 1.807) is 11.3 Å². The van der Waals surface area contributed by atoms with E-state index in [4.69, 9.17) is 15.0 Å². The van der Waals surface area contributed by atoms with Gasteiger partial charge in [0.25, 0.3) is 0 Å². The normalized spacial score (nSPS) is 13.0. The number of nitrogens with zero attached hydrogens (tertiary/aromatic N) is 3. The first-order valence-electron chi connectivity index (χ1n) is 19.1. The number of hydrogen-bond donors (Lipinski definition) is 0. The minimum absolute atomic E-state index is 0.0522. The van der Waals surface area contributed by atoms with Crippen LogP contribution in [0.15, 0.2) is 176 Å². The Morgan fingerprint density at radius 3 is 1.73 bits per heavy atom. The van der Waals surface area contributed by atoms with Crippen LogP contribution in [0, 0.1) is 0 Å². The lowest BCUT2D eigenvalue weighted by molar-refractivity contribution is 0.660. The number of fused-ring (bicyclic) bond motifs is 7. The molecule has 4 heteroatoms. The van der Waals surface area contributed by atoms with Gasteiger partial charge in [-0.15, -0.1) is 11.3 Å². The van der Waals surface area contributed by atoms with Crippen LogP contribution in [-0.4, -0.2) is 15.0 Å². The quantitative estimate of drug-likeness (QED) is 0.177. The molecule has 1 aliphatic rings. The molecule has 0 N–H and O–H groups in total. The van der Waals surface area contributed by atoms with E-state index < -0.39 is 0 Å². The molecule has 0 radical (unpaired) electrons. The van der Waals surface area contributed by atoms with Crippen molar-refractivity contribution in [2.24, 2.45) is 0 Å². The smallest absolute Gasteiger partial charge is 0.166 e. The van der Waals surface area contributed by atoms with Crippen LogP contribution in [0.25, 0.3) is 98.5 Å². The number of hydrogen-bond acceptors (Lipinski definition) is 4. The van der Waals surface area contributed by atoms with E-state index in [0.717, 1.165) is 27.8 Å². The molecule has 264 valence electrons. The second kappa shape index (κ2) is 12.7. The largest absolute Gasteiger partial charge is 0.208 e. The molecule has 0 spiro atoms. The summed E-state index contributed by atoms with van der Waals surface area (Å²) in [5.41, 5.74) is 13.0. The van der Waals surface area contributed by atoms with Gasteiger partial charge in [0.1, 0.15) is 0 Å². The number of thiophene rings is 1. The average molecular weight is 734 g/mol. The van der Waals surface area contributed by atoms with E-state index >= 15 is 0 Å². The number of aromatic nitrogens is 3. The maximum atomic E-state index is 5.26. The molecule has 0 bridgehead atoms. The lowest BCUT2D eigenvalue weighted by Gasteiger charge is -2.22. The lowest BCUT2D eigenvalue weighted by Crippen LogP contribution is -2.14. The van der Waals surface area contributed by atoms with Crippen LogP contribution >= 0.6 is 11.3 Å². The van der Waals surface area contributed by atoms with Crippen molar-refractivity contribution >= 4 is 42.3 Å². The fourth-order valence-corrected chi connectivity index (χ4v) is 9.90. The van der Waals surface area contributed by atoms with Crippen molar-refractivity contribution in [3.05, 3.63) is 187 Å². The summed E-state index contributed by atoms with van der Waals surface area (Å²) in [5, 5.41) is 4.84. The van der Waals surface area contributed by atoms with Crippen LogP contribution in [0.4, 0.5) is 0 Å². The third-order valence-electron chi connectivity index (χ3n) is 11.5. The molecule has 8 aromatic carbocycles. The van der Waals surface area contributed by atoms with Gasteiger partial charge < -0.3 is 0 Å². The van der Waals surface area contributed by atoms with Gasteiger partial charge in [0.2, 0.25) is 0 Å². The van der Waals surface area contributed by atoms with Crippen LogP contribution in [-0.2, 0) is 5.41 Å². The summed E-state index contributed by atoms with van der Waals surface area (Å²) in [6.45, 7) is 4.69. The minimum Gasteiger partial charge on any atom is -0.208 e. The topological polar surface area (TPSA) is 38.7 Å². The highest BCUT2D eigenvalue weighted by Gasteiger charge is 2.35. The molecule has 10 aromatic rings. The Balaban J connectivity index is 1.11. The predicted molar refractivity (Wildman–Crippen MR) is 235 cm³/mol. The third-order valence-corrected chi connectivity index (χ3v) is 12.7. The van der Waals surface area contributed by atoms with Crippen molar-refractivity contribution in [1.82, 2.24) is 15.0 Å². The van der Waals surface area contributed by atoms with Gasteiger partial charge in [-0.05, 0) is 79.5 Å². The molecule has 1 aliphatic carbocycles. The fourth-order valence-electron chi connectivity index (χ4n) is 8.65. The molecule has 0 saturated carbocycles. The zero-order chi connectivity index (χ0) is 37.4. The van der Waals surface area contributed by atoms with Gasteiger partial charge in [-0.25, -0.2) is 15.0 Å². The Morgan fingerprint density at radius 2 is 0.964 bits per heavy atom. The Bertz CT molecular complexity index is 3100. The van der Waals surface area contributed by atoms with Crippen molar-refractivity contribution in [1.29, 1.82) is 0 Å². The Labute approximate surface area is 329 Å². The standard InChI is InChI=1S/C52H35N3S/c1-52(2)44-19-11-9-17-40(44)41-26-25-36(31-45(41)52)35-23-21-32-22-24-37(30-38(32)29-35)39-27-28-43-42-18-10-12-20-46(42)56-48(43)47(39)51-54-49(33-13-5-3-6-14-33)53-50(55-51)34-15-7-4-8-16-34/h3-31H,1-2H3. The monoisotopic (exact) mass is 733 g/mol. The SMILES string of the molecule is CC1(C)c2ccccc2-c2ccc(-c3ccc4ccc(-c5ccc6c(sc7ccccc76)c5-c5nc(-c6ccccc6)nc(-c6ccccc6)n5)cc4c3)cc21. The highest BCUT2D eigenvalue weighted by atomic mass is 32.1. The highest BCUT2D eigenvalue weighted by molar-refractivity contribution is 7.26. The van der Waals surface area contributed by atoms with Crippen molar-refractivity contribution in [3.8, 4) is 67.5 Å². The molecular weight excluding hydrogens is 699 g/mol. The molecule has 0 atom stereocenters. The van der Waals surface area contributed by atoms with Crippen molar-refractivity contribution < 1.29 is 0 Å². The molecule has 0 amide bonds. The van der Waals surface area contributed by atoms with E-state index in [9.17, 15) is 0 Å². The summed E-state index contributed by atoms with van der Waals surface area (Å²) < 4.78 is 2.41. The molecule has 3 nitrogen and oxygen atoms in total. The second-order valence-corrected chi connectivity index (χ2v) is 16.3. The zero-order valence-corrected chi connectivity index (χ0v) is 31.8. The van der Waals surface area contributed by atoms with Crippen LogP contribution in [0.1, 0.15) is 25.0 Å².